The smallest absolute Gasteiger partial charge is 0.281 e. The molecular formula is C12H21N3O3S. The molecule has 6 nitrogen and oxygen atoms in total. The SMILES string of the molecule is CCO[C@H]1CN(S(=O)(=O)N(C)C)Cc2cccn2C1. The van der Waals surface area contributed by atoms with Gasteiger partial charge in [0, 0.05) is 45.7 Å². The summed E-state index contributed by atoms with van der Waals surface area (Å²) in [7, 11) is -0.321. The summed E-state index contributed by atoms with van der Waals surface area (Å²) < 4.78 is 35.0. The van der Waals surface area contributed by atoms with Crippen LogP contribution in [0, 0.1) is 0 Å². The molecule has 0 unspecified atom stereocenters. The van der Waals surface area contributed by atoms with Crippen LogP contribution in [0.15, 0.2) is 18.3 Å². The van der Waals surface area contributed by atoms with Crippen LogP contribution in [0.5, 0.6) is 0 Å². The molecule has 0 aliphatic carbocycles. The number of fused-ring (bicyclic) bond motifs is 1. The summed E-state index contributed by atoms with van der Waals surface area (Å²) in [4.78, 5) is 0. The highest BCUT2D eigenvalue weighted by Gasteiger charge is 2.31. The second-order valence-corrected chi connectivity index (χ2v) is 6.95. The van der Waals surface area contributed by atoms with Crippen LogP contribution in [-0.2, 0) is 28.0 Å². The van der Waals surface area contributed by atoms with Gasteiger partial charge in [0.1, 0.15) is 0 Å². The van der Waals surface area contributed by atoms with Crippen molar-refractivity contribution in [1.82, 2.24) is 13.2 Å². The standard InChI is InChI=1S/C12H21N3O3S/c1-4-18-12-9-14-7-5-6-11(14)8-15(10-12)19(16,17)13(2)3/h5-7,12H,4,8-10H2,1-3H3/t12-/m1/s1. The average Bonchev–Trinajstić information content (AvgIpc) is 2.68. The Bertz CT molecular complexity index is 524. The molecule has 1 aliphatic rings. The first kappa shape index (κ1) is 14.5. The molecule has 0 amide bonds. The van der Waals surface area contributed by atoms with Crippen LogP contribution in [0.25, 0.3) is 0 Å². The molecule has 1 aromatic heterocycles. The van der Waals surface area contributed by atoms with Gasteiger partial charge in [-0.3, -0.25) is 0 Å². The molecule has 7 heteroatoms. The largest absolute Gasteiger partial charge is 0.375 e. The molecular weight excluding hydrogens is 266 g/mol. The van der Waals surface area contributed by atoms with E-state index < -0.39 is 10.2 Å². The summed E-state index contributed by atoms with van der Waals surface area (Å²) in [5, 5.41) is 0. The van der Waals surface area contributed by atoms with Crippen LogP contribution in [0.3, 0.4) is 0 Å². The molecule has 0 radical (unpaired) electrons. The number of rotatable bonds is 4. The molecule has 1 atom stereocenters. The zero-order chi connectivity index (χ0) is 14.0. The molecule has 2 heterocycles. The highest BCUT2D eigenvalue weighted by Crippen LogP contribution is 2.19. The molecule has 19 heavy (non-hydrogen) atoms. The third-order valence-corrected chi connectivity index (χ3v) is 5.11. The first-order valence-corrected chi connectivity index (χ1v) is 7.78. The van der Waals surface area contributed by atoms with Crippen LogP contribution in [-0.4, -0.2) is 54.9 Å². The van der Waals surface area contributed by atoms with Gasteiger partial charge in [0.25, 0.3) is 10.2 Å². The summed E-state index contributed by atoms with van der Waals surface area (Å²) in [5.74, 6) is 0. The third kappa shape index (κ3) is 3.00. The predicted octanol–water partition coefficient (Wildman–Crippen LogP) is 0.515. The molecule has 0 saturated carbocycles. The van der Waals surface area contributed by atoms with E-state index in [2.05, 4.69) is 4.57 Å². The summed E-state index contributed by atoms with van der Waals surface area (Å²) in [6.45, 7) is 3.96. The van der Waals surface area contributed by atoms with Gasteiger partial charge in [-0.05, 0) is 19.1 Å². The first-order chi connectivity index (χ1) is 8.95. The third-order valence-electron chi connectivity index (χ3n) is 3.26. The molecule has 0 bridgehead atoms. The fraction of sp³-hybridized carbons (Fsp3) is 0.667. The number of ether oxygens (including phenoxy) is 1. The first-order valence-electron chi connectivity index (χ1n) is 6.38. The lowest BCUT2D eigenvalue weighted by Crippen LogP contribution is -2.43. The van der Waals surface area contributed by atoms with Gasteiger partial charge in [0.05, 0.1) is 12.6 Å². The zero-order valence-corrected chi connectivity index (χ0v) is 12.4. The molecule has 1 aromatic rings. The zero-order valence-electron chi connectivity index (χ0n) is 11.6. The molecule has 0 spiro atoms. The van der Waals surface area contributed by atoms with Crippen molar-refractivity contribution >= 4 is 10.2 Å². The Morgan fingerprint density at radius 3 is 2.79 bits per heavy atom. The van der Waals surface area contributed by atoms with Gasteiger partial charge in [-0.15, -0.1) is 0 Å². The van der Waals surface area contributed by atoms with E-state index in [0.717, 1.165) is 5.69 Å². The van der Waals surface area contributed by atoms with Crippen molar-refractivity contribution in [3.63, 3.8) is 0 Å². The highest BCUT2D eigenvalue weighted by molar-refractivity contribution is 7.86. The second-order valence-electron chi connectivity index (χ2n) is 4.81. The highest BCUT2D eigenvalue weighted by atomic mass is 32.2. The Hall–Kier alpha value is -0.890. The maximum absolute atomic E-state index is 12.3. The molecule has 0 aromatic carbocycles. The maximum atomic E-state index is 12.3. The Kier molecular flexibility index (Phi) is 4.29. The van der Waals surface area contributed by atoms with Crippen molar-refractivity contribution in [2.24, 2.45) is 0 Å². The summed E-state index contributed by atoms with van der Waals surface area (Å²) in [6.07, 6.45) is 1.85. The fourth-order valence-corrected chi connectivity index (χ4v) is 3.38. The lowest BCUT2D eigenvalue weighted by atomic mass is 10.3. The van der Waals surface area contributed by atoms with E-state index in [1.54, 1.807) is 14.1 Å². The van der Waals surface area contributed by atoms with Crippen molar-refractivity contribution < 1.29 is 13.2 Å². The number of hydrogen-bond donors (Lipinski definition) is 0. The van der Waals surface area contributed by atoms with Crippen LogP contribution in [0.2, 0.25) is 0 Å². The predicted molar refractivity (Wildman–Crippen MR) is 72.9 cm³/mol. The monoisotopic (exact) mass is 287 g/mol. The summed E-state index contributed by atoms with van der Waals surface area (Å²) in [6, 6.07) is 3.89. The van der Waals surface area contributed by atoms with Gasteiger partial charge < -0.3 is 9.30 Å². The van der Waals surface area contributed by atoms with Gasteiger partial charge in [-0.1, -0.05) is 0 Å². The van der Waals surface area contributed by atoms with Crippen molar-refractivity contribution in [2.75, 3.05) is 27.2 Å². The van der Waals surface area contributed by atoms with E-state index in [1.165, 1.54) is 8.61 Å². The Morgan fingerprint density at radius 2 is 2.16 bits per heavy atom. The topological polar surface area (TPSA) is 54.8 Å². The molecule has 1 aliphatic heterocycles. The Balaban J connectivity index is 2.30. The van der Waals surface area contributed by atoms with E-state index in [4.69, 9.17) is 4.74 Å². The molecule has 0 saturated heterocycles. The van der Waals surface area contributed by atoms with E-state index in [1.807, 2.05) is 25.3 Å². The van der Waals surface area contributed by atoms with Gasteiger partial charge in [0.2, 0.25) is 0 Å². The number of hydrogen-bond acceptors (Lipinski definition) is 3. The minimum absolute atomic E-state index is 0.117. The van der Waals surface area contributed by atoms with E-state index in [9.17, 15) is 8.42 Å². The Labute approximate surface area is 114 Å². The molecule has 0 N–H and O–H groups in total. The van der Waals surface area contributed by atoms with Gasteiger partial charge in [-0.2, -0.15) is 17.0 Å². The quantitative estimate of drug-likeness (QED) is 0.811. The number of nitrogens with zero attached hydrogens (tertiary/aromatic N) is 3. The van der Waals surface area contributed by atoms with E-state index in [-0.39, 0.29) is 6.10 Å². The fourth-order valence-electron chi connectivity index (χ4n) is 2.27. The van der Waals surface area contributed by atoms with Crippen molar-refractivity contribution in [1.29, 1.82) is 0 Å². The minimum atomic E-state index is -3.42. The lowest BCUT2D eigenvalue weighted by Gasteiger charge is -2.26. The van der Waals surface area contributed by atoms with Crippen LogP contribution in [0.4, 0.5) is 0 Å². The molecule has 2 rings (SSSR count). The van der Waals surface area contributed by atoms with Gasteiger partial charge in [0.15, 0.2) is 0 Å². The lowest BCUT2D eigenvalue weighted by molar-refractivity contribution is 0.0418. The summed E-state index contributed by atoms with van der Waals surface area (Å²) in [5.41, 5.74) is 0.993. The van der Waals surface area contributed by atoms with Gasteiger partial charge >= 0.3 is 0 Å². The maximum Gasteiger partial charge on any atom is 0.281 e. The van der Waals surface area contributed by atoms with E-state index in [0.29, 0.717) is 26.2 Å². The summed E-state index contributed by atoms with van der Waals surface area (Å²) >= 11 is 0. The number of aromatic nitrogens is 1. The average molecular weight is 287 g/mol. The van der Waals surface area contributed by atoms with Crippen LogP contribution >= 0.6 is 0 Å². The van der Waals surface area contributed by atoms with Crippen molar-refractivity contribution in [3.8, 4) is 0 Å². The van der Waals surface area contributed by atoms with Gasteiger partial charge in [-0.25, -0.2) is 0 Å². The molecule has 108 valence electrons. The molecule has 0 fully saturated rings. The van der Waals surface area contributed by atoms with E-state index >= 15 is 0 Å². The normalized spacial score (nSPS) is 21.4. The minimum Gasteiger partial charge on any atom is -0.375 e. The second kappa shape index (κ2) is 5.62. The Morgan fingerprint density at radius 1 is 1.42 bits per heavy atom. The van der Waals surface area contributed by atoms with Crippen LogP contribution < -0.4 is 0 Å². The van der Waals surface area contributed by atoms with Crippen LogP contribution in [0.1, 0.15) is 12.6 Å². The van der Waals surface area contributed by atoms with Crippen molar-refractivity contribution in [2.45, 2.75) is 26.1 Å². The van der Waals surface area contributed by atoms with Crippen molar-refractivity contribution in [3.05, 3.63) is 24.0 Å².